The van der Waals surface area contributed by atoms with Crippen LogP contribution in [0.1, 0.15) is 43.7 Å². The Morgan fingerprint density at radius 3 is 3.00 bits per heavy atom. The molecule has 2 aliphatic rings. The maximum Gasteiger partial charge on any atom is 0.157 e. The van der Waals surface area contributed by atoms with Crippen LogP contribution in [-0.2, 0) is 9.47 Å². The van der Waals surface area contributed by atoms with Crippen molar-refractivity contribution in [3.8, 4) is 5.75 Å². The first-order valence-electron chi connectivity index (χ1n) is 8.48. The highest BCUT2D eigenvalue weighted by atomic mass is 16.7. The zero-order valence-corrected chi connectivity index (χ0v) is 13.5. The van der Waals surface area contributed by atoms with Crippen LogP contribution in [0.25, 0.3) is 0 Å². The van der Waals surface area contributed by atoms with Gasteiger partial charge in [-0.25, -0.2) is 0 Å². The number of benzene rings is 1. The highest BCUT2D eigenvalue weighted by molar-refractivity contribution is 5.31. The molecule has 4 nitrogen and oxygen atoms in total. The molecule has 2 fully saturated rings. The summed E-state index contributed by atoms with van der Waals surface area (Å²) < 4.78 is 16.9. The second kappa shape index (κ2) is 7.95. The van der Waals surface area contributed by atoms with Gasteiger partial charge in [-0.1, -0.05) is 12.1 Å². The average molecular weight is 305 g/mol. The topological polar surface area (TPSA) is 30.9 Å². The van der Waals surface area contributed by atoms with Gasteiger partial charge in [0.15, 0.2) is 6.29 Å². The molecule has 2 atom stereocenters. The van der Waals surface area contributed by atoms with Gasteiger partial charge in [-0.3, -0.25) is 4.90 Å². The zero-order valence-electron chi connectivity index (χ0n) is 13.5. The first kappa shape index (κ1) is 15.8. The summed E-state index contributed by atoms with van der Waals surface area (Å²) in [5.41, 5.74) is 1.35. The first-order valence-corrected chi connectivity index (χ1v) is 8.48. The Labute approximate surface area is 133 Å². The van der Waals surface area contributed by atoms with E-state index in [1.165, 1.54) is 31.2 Å². The molecule has 0 bridgehead atoms. The van der Waals surface area contributed by atoms with E-state index in [0.717, 1.165) is 38.5 Å². The van der Waals surface area contributed by atoms with E-state index in [1.807, 2.05) is 6.07 Å². The third-order valence-corrected chi connectivity index (χ3v) is 4.66. The summed E-state index contributed by atoms with van der Waals surface area (Å²) in [6, 6.07) is 8.94. The summed E-state index contributed by atoms with van der Waals surface area (Å²) >= 11 is 0. The monoisotopic (exact) mass is 305 g/mol. The van der Waals surface area contributed by atoms with Gasteiger partial charge in [0.2, 0.25) is 0 Å². The molecule has 0 radical (unpaired) electrons. The summed E-state index contributed by atoms with van der Waals surface area (Å²) in [5.74, 6) is 0.941. The van der Waals surface area contributed by atoms with Crippen molar-refractivity contribution in [3.63, 3.8) is 0 Å². The van der Waals surface area contributed by atoms with Gasteiger partial charge in [-0.2, -0.15) is 0 Å². The summed E-state index contributed by atoms with van der Waals surface area (Å²) in [6.45, 7) is 3.73. The van der Waals surface area contributed by atoms with Crippen molar-refractivity contribution in [2.75, 3.05) is 33.4 Å². The quantitative estimate of drug-likeness (QED) is 0.806. The van der Waals surface area contributed by atoms with E-state index >= 15 is 0 Å². The van der Waals surface area contributed by atoms with E-state index in [-0.39, 0.29) is 6.29 Å². The lowest BCUT2D eigenvalue weighted by molar-refractivity contribution is -0.164. The fourth-order valence-corrected chi connectivity index (χ4v) is 3.46. The number of rotatable bonds is 6. The second-order valence-corrected chi connectivity index (χ2v) is 6.14. The predicted molar refractivity (Wildman–Crippen MR) is 86.1 cm³/mol. The molecule has 2 heterocycles. The van der Waals surface area contributed by atoms with Gasteiger partial charge in [-0.05, 0) is 56.3 Å². The van der Waals surface area contributed by atoms with Crippen LogP contribution in [0.3, 0.4) is 0 Å². The third-order valence-electron chi connectivity index (χ3n) is 4.66. The Morgan fingerprint density at radius 2 is 2.18 bits per heavy atom. The van der Waals surface area contributed by atoms with Gasteiger partial charge in [0.25, 0.3) is 0 Å². The second-order valence-electron chi connectivity index (χ2n) is 6.14. The minimum Gasteiger partial charge on any atom is -0.497 e. The van der Waals surface area contributed by atoms with E-state index in [1.54, 1.807) is 7.11 Å². The van der Waals surface area contributed by atoms with Crippen molar-refractivity contribution in [2.45, 2.75) is 44.4 Å². The number of hydrogen-bond acceptors (Lipinski definition) is 4. The van der Waals surface area contributed by atoms with E-state index in [9.17, 15) is 0 Å². The molecule has 0 aliphatic carbocycles. The molecule has 0 unspecified atom stereocenters. The Bertz CT molecular complexity index is 459. The van der Waals surface area contributed by atoms with Gasteiger partial charge in [0.05, 0.1) is 13.7 Å². The van der Waals surface area contributed by atoms with Crippen molar-refractivity contribution in [1.29, 1.82) is 0 Å². The molecule has 0 amide bonds. The van der Waals surface area contributed by atoms with Crippen molar-refractivity contribution in [1.82, 2.24) is 4.90 Å². The number of likely N-dealkylation sites (tertiary alicyclic amines) is 1. The summed E-state index contributed by atoms with van der Waals surface area (Å²) in [7, 11) is 1.73. The van der Waals surface area contributed by atoms with Crippen LogP contribution < -0.4 is 4.74 Å². The molecule has 122 valence electrons. The van der Waals surface area contributed by atoms with Crippen molar-refractivity contribution >= 4 is 0 Å². The normalized spacial score (nSPS) is 26.2. The number of hydrogen-bond donors (Lipinski definition) is 0. The van der Waals surface area contributed by atoms with Gasteiger partial charge in [-0.15, -0.1) is 0 Å². The lowest BCUT2D eigenvalue weighted by Gasteiger charge is -2.27. The maximum atomic E-state index is 5.89. The first-order chi connectivity index (χ1) is 10.9. The molecule has 0 aromatic heterocycles. The van der Waals surface area contributed by atoms with Crippen molar-refractivity contribution < 1.29 is 14.2 Å². The van der Waals surface area contributed by atoms with E-state index in [4.69, 9.17) is 14.2 Å². The molecular weight excluding hydrogens is 278 g/mol. The highest BCUT2D eigenvalue weighted by Gasteiger charge is 2.26. The van der Waals surface area contributed by atoms with E-state index in [0.29, 0.717) is 6.04 Å². The molecule has 22 heavy (non-hydrogen) atoms. The molecule has 4 heteroatoms. The SMILES string of the molecule is COc1cccc([C@H]2CCCN2CCO[C@@H]2CCCCO2)c1. The summed E-state index contributed by atoms with van der Waals surface area (Å²) in [6.07, 6.45) is 5.92. The zero-order chi connectivity index (χ0) is 15.2. The predicted octanol–water partition coefficient (Wildman–Crippen LogP) is 3.38. The fourth-order valence-electron chi connectivity index (χ4n) is 3.46. The highest BCUT2D eigenvalue weighted by Crippen LogP contribution is 2.33. The Balaban J connectivity index is 1.51. The molecule has 1 aromatic carbocycles. The van der Waals surface area contributed by atoms with Gasteiger partial charge < -0.3 is 14.2 Å². The standard InChI is InChI=1S/C18H27NO3/c1-20-16-7-4-6-15(14-16)17-8-5-10-19(17)11-13-22-18-9-2-3-12-21-18/h4,6-7,14,17-18H,2-3,5,8-13H2,1H3/t17-,18-/m1/s1. The van der Waals surface area contributed by atoms with Crippen LogP contribution in [0, 0.1) is 0 Å². The number of nitrogens with zero attached hydrogens (tertiary/aromatic N) is 1. The van der Waals surface area contributed by atoms with Crippen LogP contribution in [0.15, 0.2) is 24.3 Å². The average Bonchev–Trinajstić information content (AvgIpc) is 3.04. The molecule has 2 aliphatic heterocycles. The minimum atomic E-state index is 0.0200. The molecule has 0 N–H and O–H groups in total. The van der Waals surface area contributed by atoms with Crippen LogP contribution in [0.5, 0.6) is 5.75 Å². The fraction of sp³-hybridized carbons (Fsp3) is 0.667. The maximum absolute atomic E-state index is 5.89. The molecule has 0 spiro atoms. The van der Waals surface area contributed by atoms with Crippen molar-refractivity contribution in [3.05, 3.63) is 29.8 Å². The summed E-state index contributed by atoms with van der Waals surface area (Å²) in [4.78, 5) is 2.53. The van der Waals surface area contributed by atoms with Gasteiger partial charge >= 0.3 is 0 Å². The Morgan fingerprint density at radius 1 is 1.23 bits per heavy atom. The largest absolute Gasteiger partial charge is 0.497 e. The Hall–Kier alpha value is -1.10. The third kappa shape index (κ3) is 4.00. The van der Waals surface area contributed by atoms with Gasteiger partial charge in [0, 0.05) is 19.2 Å². The van der Waals surface area contributed by atoms with Gasteiger partial charge in [0.1, 0.15) is 5.75 Å². The summed E-state index contributed by atoms with van der Waals surface area (Å²) in [5, 5.41) is 0. The molecule has 3 rings (SSSR count). The van der Waals surface area contributed by atoms with E-state index in [2.05, 4.69) is 23.1 Å². The minimum absolute atomic E-state index is 0.0200. The van der Waals surface area contributed by atoms with Crippen LogP contribution in [0.2, 0.25) is 0 Å². The van der Waals surface area contributed by atoms with Crippen LogP contribution in [0.4, 0.5) is 0 Å². The lowest BCUT2D eigenvalue weighted by Crippen LogP contribution is -2.30. The van der Waals surface area contributed by atoms with Crippen LogP contribution >= 0.6 is 0 Å². The number of methoxy groups -OCH3 is 1. The number of ether oxygens (including phenoxy) is 3. The smallest absolute Gasteiger partial charge is 0.157 e. The lowest BCUT2D eigenvalue weighted by atomic mass is 10.0. The Kier molecular flexibility index (Phi) is 5.70. The molecule has 2 saturated heterocycles. The molecule has 1 aromatic rings. The molecule has 0 saturated carbocycles. The van der Waals surface area contributed by atoms with Crippen LogP contribution in [-0.4, -0.2) is 44.6 Å². The van der Waals surface area contributed by atoms with Crippen molar-refractivity contribution in [2.24, 2.45) is 0 Å². The molecular formula is C18H27NO3. The van der Waals surface area contributed by atoms with E-state index < -0.39 is 0 Å².